The third-order valence-electron chi connectivity index (χ3n) is 4.28. The number of sulfone groups is 1. The van der Waals surface area contributed by atoms with Crippen LogP contribution in [0.15, 0.2) is 28.7 Å². The summed E-state index contributed by atoms with van der Waals surface area (Å²) in [5, 5.41) is 5.15. The Balaban J connectivity index is 1.60. The Labute approximate surface area is 157 Å². The first-order valence-corrected chi connectivity index (χ1v) is 10.7. The van der Waals surface area contributed by atoms with E-state index >= 15 is 0 Å². The molecule has 6 nitrogen and oxygen atoms in total. The van der Waals surface area contributed by atoms with Crippen molar-refractivity contribution in [3.8, 4) is 0 Å². The molecular weight excluding hydrogens is 382 g/mol. The summed E-state index contributed by atoms with van der Waals surface area (Å²) in [4.78, 5) is 1.52. The van der Waals surface area contributed by atoms with E-state index in [0.717, 1.165) is 11.6 Å². The molecule has 0 saturated carbocycles. The van der Waals surface area contributed by atoms with Crippen LogP contribution in [-0.2, 0) is 29.5 Å². The van der Waals surface area contributed by atoms with Gasteiger partial charge in [0.2, 0.25) is 5.89 Å². The minimum Gasteiger partial charge on any atom is -0.414 e. The third kappa shape index (κ3) is 5.13. The number of halogens is 1. The lowest BCUT2D eigenvalue weighted by atomic mass is 10.1. The molecule has 0 aliphatic carbocycles. The van der Waals surface area contributed by atoms with Gasteiger partial charge < -0.3 is 9.32 Å². The molecule has 0 amide bonds. The van der Waals surface area contributed by atoms with Gasteiger partial charge in [-0.1, -0.05) is 23.7 Å². The molecule has 2 aromatic rings. The summed E-state index contributed by atoms with van der Waals surface area (Å²) < 4.78 is 30.3. The summed E-state index contributed by atoms with van der Waals surface area (Å²) in [5.74, 6) is 1.06. The molecule has 1 fully saturated rings. The highest BCUT2D eigenvalue weighted by Crippen LogP contribution is 2.22. The van der Waals surface area contributed by atoms with Crippen LogP contribution in [-0.4, -0.2) is 36.8 Å². The summed E-state index contributed by atoms with van der Waals surface area (Å²) in [7, 11) is -0.842. The Bertz CT molecular complexity index is 890. The van der Waals surface area contributed by atoms with E-state index in [1.54, 1.807) is 4.68 Å². The molecule has 136 valence electrons. The monoisotopic (exact) mass is 402 g/mol. The van der Waals surface area contributed by atoms with E-state index in [1.165, 1.54) is 10.5 Å². The first-order valence-electron chi connectivity index (χ1n) is 8.14. The first-order chi connectivity index (χ1) is 11.8. The zero-order valence-electron chi connectivity index (χ0n) is 13.9. The topological polar surface area (TPSA) is 69.5 Å². The van der Waals surface area contributed by atoms with Crippen LogP contribution in [0, 0.1) is 10.8 Å². The smallest absolute Gasteiger partial charge is 0.291 e. The van der Waals surface area contributed by atoms with E-state index in [4.69, 9.17) is 28.2 Å². The molecular formula is C16H21ClN3O3S2+. The highest BCUT2D eigenvalue weighted by molar-refractivity contribution is 7.91. The van der Waals surface area contributed by atoms with Gasteiger partial charge in [-0.25, -0.2) is 8.42 Å². The van der Waals surface area contributed by atoms with Gasteiger partial charge in [-0.15, -0.1) is 5.10 Å². The molecule has 0 radical (unpaired) electrons. The molecule has 3 rings (SSSR count). The van der Waals surface area contributed by atoms with Crippen molar-refractivity contribution in [2.75, 3.05) is 18.6 Å². The average molecular weight is 403 g/mol. The fourth-order valence-electron chi connectivity index (χ4n) is 3.07. The molecule has 9 heteroatoms. The maximum Gasteiger partial charge on any atom is 0.291 e. The zero-order valence-corrected chi connectivity index (χ0v) is 16.3. The van der Waals surface area contributed by atoms with Gasteiger partial charge in [-0.3, -0.25) is 0 Å². The van der Waals surface area contributed by atoms with Crippen molar-refractivity contribution in [2.24, 2.45) is 5.92 Å². The van der Waals surface area contributed by atoms with Crippen molar-refractivity contribution >= 4 is 33.7 Å². The van der Waals surface area contributed by atoms with Gasteiger partial charge >= 0.3 is 0 Å². The van der Waals surface area contributed by atoms with Gasteiger partial charge in [-0.2, -0.15) is 4.68 Å². The molecule has 1 aliphatic rings. The highest BCUT2D eigenvalue weighted by atomic mass is 35.5. The number of aromatic nitrogens is 2. The second-order valence-corrected chi connectivity index (χ2v) is 9.67. The summed E-state index contributed by atoms with van der Waals surface area (Å²) in [6.07, 6.45) is 1.19. The largest absolute Gasteiger partial charge is 0.414 e. The van der Waals surface area contributed by atoms with Gasteiger partial charge in [0.1, 0.15) is 6.54 Å². The van der Waals surface area contributed by atoms with Crippen molar-refractivity contribution in [3.63, 3.8) is 0 Å². The minimum absolute atomic E-state index is 0.0747. The second-order valence-electron chi connectivity index (χ2n) is 6.65. The lowest BCUT2D eigenvalue weighted by Gasteiger charge is -2.13. The van der Waals surface area contributed by atoms with E-state index in [9.17, 15) is 8.42 Å². The molecule has 2 heterocycles. The molecule has 0 bridgehead atoms. The third-order valence-corrected chi connectivity index (χ3v) is 6.66. The van der Waals surface area contributed by atoms with Crippen molar-refractivity contribution in [1.82, 2.24) is 9.78 Å². The van der Waals surface area contributed by atoms with Crippen molar-refractivity contribution in [2.45, 2.75) is 26.1 Å². The van der Waals surface area contributed by atoms with E-state index in [0.29, 0.717) is 30.2 Å². The molecule has 0 spiro atoms. The number of hydrogen-bond donors (Lipinski definition) is 1. The standard InChI is InChI=1S/C16H20ClN3O3S2/c1-19(9-12-2-4-14(17)5-3-12)11-20-16(24)23-15(18-20)8-13-6-7-25(21,22)10-13/h2-5,13H,6-11H2,1H3/p+1/t13-/m0/s1. The number of benzene rings is 1. The van der Waals surface area contributed by atoms with Gasteiger partial charge in [0.25, 0.3) is 4.84 Å². The molecule has 1 aromatic heterocycles. The van der Waals surface area contributed by atoms with Crippen molar-refractivity contribution in [3.05, 3.63) is 45.6 Å². The molecule has 1 aliphatic heterocycles. The molecule has 1 saturated heterocycles. The number of rotatable bonds is 6. The Hall–Kier alpha value is -1.22. The number of quaternary nitrogens is 1. The quantitative estimate of drug-likeness (QED) is 0.742. The molecule has 1 unspecified atom stereocenters. The molecule has 25 heavy (non-hydrogen) atoms. The number of nitrogens with zero attached hydrogens (tertiary/aromatic N) is 2. The Morgan fingerprint density at radius 3 is 2.76 bits per heavy atom. The van der Waals surface area contributed by atoms with Crippen LogP contribution >= 0.6 is 23.8 Å². The van der Waals surface area contributed by atoms with E-state index in [2.05, 4.69) is 5.10 Å². The number of hydrogen-bond acceptors (Lipinski definition) is 5. The van der Waals surface area contributed by atoms with Crippen LogP contribution in [0.3, 0.4) is 0 Å². The van der Waals surface area contributed by atoms with E-state index in [1.807, 2.05) is 31.3 Å². The van der Waals surface area contributed by atoms with Crippen molar-refractivity contribution < 1.29 is 17.7 Å². The normalized spacial score (nSPS) is 20.6. The lowest BCUT2D eigenvalue weighted by molar-refractivity contribution is -0.917. The van der Waals surface area contributed by atoms with Gasteiger partial charge in [0.05, 0.1) is 18.6 Å². The molecule has 1 aromatic carbocycles. The summed E-state index contributed by atoms with van der Waals surface area (Å²) >= 11 is 11.1. The Morgan fingerprint density at radius 2 is 2.12 bits per heavy atom. The van der Waals surface area contributed by atoms with Gasteiger partial charge in [-0.05, 0) is 36.7 Å². The zero-order chi connectivity index (χ0) is 18.0. The predicted molar refractivity (Wildman–Crippen MR) is 97.8 cm³/mol. The second kappa shape index (κ2) is 7.57. The Morgan fingerprint density at radius 1 is 1.40 bits per heavy atom. The van der Waals surface area contributed by atoms with Crippen LogP contribution in [0.2, 0.25) is 5.02 Å². The average Bonchev–Trinajstić information content (AvgIpc) is 3.04. The summed E-state index contributed by atoms with van der Waals surface area (Å²) in [6.45, 7) is 1.38. The SMILES string of the molecule is C[NH+](Cc1ccc(Cl)cc1)Cn1nc(C[C@@H]2CCS(=O)(=O)C2)oc1=S. The van der Waals surface area contributed by atoms with E-state index in [-0.39, 0.29) is 17.4 Å². The fraction of sp³-hybridized carbons (Fsp3) is 0.500. The summed E-state index contributed by atoms with van der Waals surface area (Å²) in [5.41, 5.74) is 1.17. The highest BCUT2D eigenvalue weighted by Gasteiger charge is 2.29. The maximum absolute atomic E-state index is 11.6. The van der Waals surface area contributed by atoms with E-state index < -0.39 is 9.84 Å². The van der Waals surface area contributed by atoms with Gasteiger partial charge in [0.15, 0.2) is 16.5 Å². The van der Waals surface area contributed by atoms with Crippen molar-refractivity contribution in [1.29, 1.82) is 0 Å². The lowest BCUT2D eigenvalue weighted by Crippen LogP contribution is -3.07. The van der Waals surface area contributed by atoms with Crippen LogP contribution in [0.4, 0.5) is 0 Å². The Kier molecular flexibility index (Phi) is 5.62. The van der Waals surface area contributed by atoms with Crippen LogP contribution in [0.25, 0.3) is 0 Å². The number of nitrogens with one attached hydrogen (secondary N) is 1. The van der Waals surface area contributed by atoms with Crippen LogP contribution < -0.4 is 4.90 Å². The predicted octanol–water partition coefficient (Wildman–Crippen LogP) is 1.51. The molecule has 1 N–H and O–H groups in total. The van der Waals surface area contributed by atoms with Crippen LogP contribution in [0.1, 0.15) is 17.9 Å². The first kappa shape index (κ1) is 18.6. The minimum atomic E-state index is -2.89. The van der Waals surface area contributed by atoms with Gasteiger partial charge in [0, 0.05) is 17.0 Å². The molecule has 2 atom stereocenters. The fourth-order valence-corrected chi connectivity index (χ4v) is 5.26. The van der Waals surface area contributed by atoms with Crippen LogP contribution in [0.5, 0.6) is 0 Å². The summed E-state index contributed by atoms with van der Waals surface area (Å²) in [6, 6.07) is 7.75. The maximum atomic E-state index is 11.6.